The van der Waals surface area contributed by atoms with Crippen molar-refractivity contribution in [2.75, 3.05) is 13.7 Å². The van der Waals surface area contributed by atoms with Crippen LogP contribution in [0.3, 0.4) is 0 Å². The molecule has 1 aliphatic rings. The lowest BCUT2D eigenvalue weighted by Gasteiger charge is -2.39. The number of rotatable bonds is 3. The van der Waals surface area contributed by atoms with Crippen LogP contribution in [0.25, 0.3) is 0 Å². The molecule has 2 N–H and O–H groups in total. The maximum absolute atomic E-state index is 11.4. The lowest BCUT2D eigenvalue weighted by molar-refractivity contribution is -0.137. The van der Waals surface area contributed by atoms with Gasteiger partial charge in [-0.25, -0.2) is 5.32 Å². The number of nitrogens with zero attached hydrogens (tertiary/aromatic N) is 1. The average molecular weight is 185 g/mol. The van der Waals surface area contributed by atoms with Crippen molar-refractivity contribution < 1.29 is 9.53 Å². The zero-order valence-electron chi connectivity index (χ0n) is 8.46. The molecule has 1 unspecified atom stereocenters. The molecule has 4 heteroatoms. The Morgan fingerprint density at radius 3 is 2.54 bits per heavy atom. The summed E-state index contributed by atoms with van der Waals surface area (Å²) in [6, 6.07) is 0. The first-order valence-corrected chi connectivity index (χ1v) is 4.50. The number of primary amides is 1. The highest BCUT2D eigenvalue weighted by Crippen LogP contribution is 2.34. The van der Waals surface area contributed by atoms with Gasteiger partial charge < -0.3 is 10.5 Å². The minimum Gasteiger partial charge on any atom is -0.376 e. The van der Waals surface area contributed by atoms with E-state index in [1.54, 1.807) is 7.11 Å². The van der Waals surface area contributed by atoms with Crippen LogP contribution in [0.5, 0.6) is 0 Å². The van der Waals surface area contributed by atoms with Crippen LogP contribution < -0.4 is 11.1 Å². The number of nitrogens with two attached hydrogens (primary N) is 1. The van der Waals surface area contributed by atoms with E-state index in [9.17, 15) is 4.79 Å². The zero-order chi connectivity index (χ0) is 10.1. The van der Waals surface area contributed by atoms with Crippen molar-refractivity contribution in [2.45, 2.75) is 37.8 Å². The summed E-state index contributed by atoms with van der Waals surface area (Å²) in [6.45, 7) is 4.41. The molecule has 1 rings (SSSR count). The van der Waals surface area contributed by atoms with E-state index in [2.05, 4.69) is 5.32 Å². The standard InChI is InChI=1S/C9H17N2O2/c1-8(2,13-3)9(7(10)12)5-4-6-11-9/h4-6H2,1-3H3,(H2,10,12). The van der Waals surface area contributed by atoms with E-state index in [-0.39, 0.29) is 5.91 Å². The highest BCUT2D eigenvalue weighted by molar-refractivity contribution is 5.86. The molecule has 0 aromatic rings. The smallest absolute Gasteiger partial charge is 0.242 e. The van der Waals surface area contributed by atoms with Gasteiger partial charge in [0.25, 0.3) is 0 Å². The fourth-order valence-corrected chi connectivity index (χ4v) is 1.84. The molecule has 0 aliphatic carbocycles. The van der Waals surface area contributed by atoms with E-state index in [1.807, 2.05) is 13.8 Å². The summed E-state index contributed by atoms with van der Waals surface area (Å²) < 4.78 is 5.29. The Morgan fingerprint density at radius 2 is 2.23 bits per heavy atom. The van der Waals surface area contributed by atoms with Crippen molar-refractivity contribution >= 4 is 5.91 Å². The van der Waals surface area contributed by atoms with E-state index in [0.717, 1.165) is 6.42 Å². The van der Waals surface area contributed by atoms with Crippen LogP contribution in [0.1, 0.15) is 26.7 Å². The van der Waals surface area contributed by atoms with Gasteiger partial charge in [-0.2, -0.15) is 0 Å². The third kappa shape index (κ3) is 1.44. The van der Waals surface area contributed by atoms with Gasteiger partial charge in [0.05, 0.1) is 5.60 Å². The number of ether oxygens (including phenoxy) is 1. The maximum Gasteiger partial charge on any atom is 0.242 e. The highest BCUT2D eigenvalue weighted by Gasteiger charge is 2.53. The van der Waals surface area contributed by atoms with Crippen LogP contribution >= 0.6 is 0 Å². The normalized spacial score (nSPS) is 29.2. The van der Waals surface area contributed by atoms with Gasteiger partial charge in [-0.3, -0.25) is 4.79 Å². The van der Waals surface area contributed by atoms with Gasteiger partial charge >= 0.3 is 0 Å². The molecule has 0 bridgehead atoms. The molecule has 1 saturated heterocycles. The Morgan fingerprint density at radius 1 is 1.62 bits per heavy atom. The predicted octanol–water partition coefficient (Wildman–Crippen LogP) is 0.0337. The van der Waals surface area contributed by atoms with Crippen molar-refractivity contribution in [1.82, 2.24) is 5.32 Å². The molecular formula is C9H17N2O2. The van der Waals surface area contributed by atoms with Crippen molar-refractivity contribution in [3.63, 3.8) is 0 Å². The molecule has 4 nitrogen and oxygen atoms in total. The van der Waals surface area contributed by atoms with Gasteiger partial charge in [-0.1, -0.05) is 0 Å². The van der Waals surface area contributed by atoms with Gasteiger partial charge in [-0.05, 0) is 26.7 Å². The van der Waals surface area contributed by atoms with E-state index in [4.69, 9.17) is 10.5 Å². The second-order valence-electron chi connectivity index (χ2n) is 3.92. The summed E-state index contributed by atoms with van der Waals surface area (Å²) in [5, 5.41) is 4.31. The minimum atomic E-state index is -0.818. The monoisotopic (exact) mass is 185 g/mol. The third-order valence-electron chi connectivity index (χ3n) is 2.99. The average Bonchev–Trinajstić information content (AvgIpc) is 2.53. The summed E-state index contributed by atoms with van der Waals surface area (Å²) in [7, 11) is 1.58. The summed E-state index contributed by atoms with van der Waals surface area (Å²) >= 11 is 0. The van der Waals surface area contributed by atoms with Crippen molar-refractivity contribution in [3.05, 3.63) is 0 Å². The van der Waals surface area contributed by atoms with Gasteiger partial charge in [0.1, 0.15) is 5.54 Å². The van der Waals surface area contributed by atoms with Crippen LogP contribution in [0.15, 0.2) is 0 Å². The molecule has 0 aromatic heterocycles. The van der Waals surface area contributed by atoms with Gasteiger partial charge in [0, 0.05) is 13.7 Å². The van der Waals surface area contributed by atoms with E-state index in [1.165, 1.54) is 0 Å². The molecule has 1 fully saturated rings. The Labute approximate surface area is 78.8 Å². The summed E-state index contributed by atoms with van der Waals surface area (Å²) in [5.41, 5.74) is 3.96. The number of hydrogen-bond donors (Lipinski definition) is 1. The first-order valence-electron chi connectivity index (χ1n) is 4.50. The predicted molar refractivity (Wildman–Crippen MR) is 49.2 cm³/mol. The van der Waals surface area contributed by atoms with Crippen LogP contribution in [-0.4, -0.2) is 30.7 Å². The Balaban J connectivity index is 2.97. The zero-order valence-corrected chi connectivity index (χ0v) is 8.46. The first kappa shape index (κ1) is 10.5. The number of amides is 1. The SMILES string of the molecule is COC(C)(C)C1(C(N)=O)CCC[N]1. The third-order valence-corrected chi connectivity index (χ3v) is 2.99. The number of hydrogen-bond acceptors (Lipinski definition) is 2. The number of methoxy groups -OCH3 is 1. The van der Waals surface area contributed by atoms with Gasteiger partial charge in [-0.15, -0.1) is 0 Å². The minimum absolute atomic E-state index is 0.378. The molecule has 75 valence electrons. The van der Waals surface area contributed by atoms with Crippen LogP contribution in [0.4, 0.5) is 0 Å². The quantitative estimate of drug-likeness (QED) is 0.674. The first-order chi connectivity index (χ1) is 5.96. The maximum atomic E-state index is 11.4. The molecule has 1 radical (unpaired) electrons. The molecule has 1 amide bonds. The van der Waals surface area contributed by atoms with Crippen LogP contribution in [0.2, 0.25) is 0 Å². The van der Waals surface area contributed by atoms with Crippen LogP contribution in [0, 0.1) is 0 Å². The lowest BCUT2D eigenvalue weighted by Crippen LogP contribution is -2.62. The summed E-state index contributed by atoms with van der Waals surface area (Å²) in [6.07, 6.45) is 1.61. The highest BCUT2D eigenvalue weighted by atomic mass is 16.5. The molecule has 0 spiro atoms. The van der Waals surface area contributed by atoms with E-state index < -0.39 is 11.1 Å². The summed E-state index contributed by atoms with van der Waals surface area (Å²) in [4.78, 5) is 11.4. The fourth-order valence-electron chi connectivity index (χ4n) is 1.84. The summed E-state index contributed by atoms with van der Waals surface area (Å²) in [5.74, 6) is -0.378. The van der Waals surface area contributed by atoms with E-state index in [0.29, 0.717) is 13.0 Å². The second kappa shape index (κ2) is 3.27. The topological polar surface area (TPSA) is 66.4 Å². The molecule has 1 aliphatic heterocycles. The molecular weight excluding hydrogens is 168 g/mol. The molecule has 0 aromatic carbocycles. The Bertz CT molecular complexity index is 208. The molecule has 0 saturated carbocycles. The van der Waals surface area contributed by atoms with E-state index >= 15 is 0 Å². The Kier molecular flexibility index (Phi) is 2.63. The molecule has 1 heterocycles. The lowest BCUT2D eigenvalue weighted by atomic mass is 9.80. The number of carbonyl (C=O) groups excluding carboxylic acids is 1. The van der Waals surface area contributed by atoms with Crippen molar-refractivity contribution in [2.24, 2.45) is 5.73 Å². The number of carbonyl (C=O) groups is 1. The van der Waals surface area contributed by atoms with Crippen LogP contribution in [-0.2, 0) is 9.53 Å². The van der Waals surface area contributed by atoms with Gasteiger partial charge in [0.2, 0.25) is 5.91 Å². The second-order valence-corrected chi connectivity index (χ2v) is 3.92. The van der Waals surface area contributed by atoms with Crippen molar-refractivity contribution in [3.8, 4) is 0 Å². The molecule has 13 heavy (non-hydrogen) atoms. The largest absolute Gasteiger partial charge is 0.376 e. The van der Waals surface area contributed by atoms with Crippen molar-refractivity contribution in [1.29, 1.82) is 0 Å². The molecule has 1 atom stereocenters. The fraction of sp³-hybridized carbons (Fsp3) is 0.889. The van der Waals surface area contributed by atoms with Gasteiger partial charge in [0.15, 0.2) is 0 Å². The Hall–Kier alpha value is -0.610.